The van der Waals surface area contributed by atoms with Crippen molar-refractivity contribution in [3.63, 3.8) is 0 Å². The Morgan fingerprint density at radius 2 is 1.90 bits per heavy atom. The molecule has 6 nitrogen and oxygen atoms in total. The first-order chi connectivity index (χ1) is 14.2. The molecular formula is C22H18ClN5O. The Hall–Kier alpha value is -3.64. The van der Waals surface area contributed by atoms with Gasteiger partial charge in [-0.05, 0) is 29.8 Å². The van der Waals surface area contributed by atoms with Gasteiger partial charge in [-0.15, -0.1) is 0 Å². The average molecular weight is 404 g/mol. The number of aromatic amines is 1. The van der Waals surface area contributed by atoms with Gasteiger partial charge in [-0.3, -0.25) is 9.48 Å². The summed E-state index contributed by atoms with van der Waals surface area (Å²) in [5, 5.41) is 9.47. The van der Waals surface area contributed by atoms with Crippen molar-refractivity contribution >= 4 is 23.7 Å². The van der Waals surface area contributed by atoms with E-state index in [1.165, 1.54) is 0 Å². The fraction of sp³-hybridized carbons (Fsp3) is 0.0455. The summed E-state index contributed by atoms with van der Waals surface area (Å²) < 4.78 is 1.85. The lowest BCUT2D eigenvalue weighted by Crippen LogP contribution is -2.17. The number of benzene rings is 2. The second-order valence-electron chi connectivity index (χ2n) is 6.41. The molecule has 144 valence electrons. The molecule has 0 spiro atoms. The van der Waals surface area contributed by atoms with E-state index in [1.807, 2.05) is 65.5 Å². The molecule has 2 heterocycles. The van der Waals surface area contributed by atoms with E-state index in [0.717, 1.165) is 22.4 Å². The zero-order valence-electron chi connectivity index (χ0n) is 15.4. The van der Waals surface area contributed by atoms with Gasteiger partial charge >= 0.3 is 0 Å². The van der Waals surface area contributed by atoms with Gasteiger partial charge in [-0.1, -0.05) is 54.1 Å². The standard InChI is InChI=1S/C22H18ClN5O/c23-19-10-8-17(9-11-19)21-18(13-25-26-22(29)20-7-4-12-24-20)15-28(27-21)14-16-5-2-1-3-6-16/h1-13,15,24H,14H2,(H,26,29)/b25-13-. The number of hydrogen-bond donors (Lipinski definition) is 2. The molecule has 0 saturated heterocycles. The second kappa shape index (κ2) is 8.58. The van der Waals surface area contributed by atoms with Crippen LogP contribution in [0.5, 0.6) is 0 Å². The van der Waals surface area contributed by atoms with Crippen molar-refractivity contribution in [2.75, 3.05) is 0 Å². The summed E-state index contributed by atoms with van der Waals surface area (Å²) in [5.74, 6) is -0.309. The van der Waals surface area contributed by atoms with Crippen LogP contribution in [0.25, 0.3) is 11.3 Å². The first-order valence-electron chi connectivity index (χ1n) is 9.03. The lowest BCUT2D eigenvalue weighted by Gasteiger charge is -2.01. The molecule has 0 aliphatic rings. The third-order valence-electron chi connectivity index (χ3n) is 4.31. The molecule has 1 amide bonds. The van der Waals surface area contributed by atoms with E-state index in [-0.39, 0.29) is 5.91 Å². The summed E-state index contributed by atoms with van der Waals surface area (Å²) in [6.45, 7) is 0.629. The van der Waals surface area contributed by atoms with Crippen molar-refractivity contribution in [2.24, 2.45) is 5.10 Å². The number of amides is 1. The van der Waals surface area contributed by atoms with Crippen molar-refractivity contribution in [2.45, 2.75) is 6.54 Å². The summed E-state index contributed by atoms with van der Waals surface area (Å²) in [6.07, 6.45) is 5.19. The van der Waals surface area contributed by atoms with Crippen LogP contribution in [-0.4, -0.2) is 26.9 Å². The third kappa shape index (κ3) is 4.62. The van der Waals surface area contributed by atoms with Crippen LogP contribution < -0.4 is 5.43 Å². The van der Waals surface area contributed by atoms with E-state index >= 15 is 0 Å². The molecule has 4 aromatic rings. The molecular weight excluding hydrogens is 386 g/mol. The molecule has 0 radical (unpaired) electrons. The number of rotatable bonds is 6. The van der Waals surface area contributed by atoms with Gasteiger partial charge in [0.15, 0.2) is 0 Å². The number of halogens is 1. The third-order valence-corrected chi connectivity index (χ3v) is 4.56. The first-order valence-corrected chi connectivity index (χ1v) is 9.41. The van der Waals surface area contributed by atoms with Gasteiger partial charge < -0.3 is 4.98 Å². The molecule has 29 heavy (non-hydrogen) atoms. The number of nitrogens with zero attached hydrogens (tertiary/aromatic N) is 3. The molecule has 7 heteroatoms. The Balaban J connectivity index is 1.60. The van der Waals surface area contributed by atoms with Crippen LogP contribution in [-0.2, 0) is 6.54 Å². The van der Waals surface area contributed by atoms with Crippen LogP contribution in [0.4, 0.5) is 0 Å². The van der Waals surface area contributed by atoms with E-state index in [4.69, 9.17) is 16.7 Å². The number of hydrogen-bond acceptors (Lipinski definition) is 3. The number of carbonyl (C=O) groups is 1. The SMILES string of the molecule is O=C(N/N=C\c1cn(Cc2ccccc2)nc1-c1ccc(Cl)cc1)c1ccc[nH]1. The molecule has 0 unspecified atom stereocenters. The summed E-state index contributed by atoms with van der Waals surface area (Å²) in [6, 6.07) is 21.0. The Labute approximate surface area is 172 Å². The maximum Gasteiger partial charge on any atom is 0.287 e. The van der Waals surface area contributed by atoms with E-state index in [2.05, 4.69) is 15.5 Å². The molecule has 2 N–H and O–H groups in total. The van der Waals surface area contributed by atoms with Crippen molar-refractivity contribution < 1.29 is 4.79 Å². The Morgan fingerprint density at radius 1 is 1.10 bits per heavy atom. The van der Waals surface area contributed by atoms with Crippen molar-refractivity contribution in [3.05, 3.63) is 101 Å². The van der Waals surface area contributed by atoms with E-state index in [1.54, 1.807) is 24.5 Å². The minimum atomic E-state index is -0.309. The number of H-pyrrole nitrogens is 1. The molecule has 2 aromatic heterocycles. The molecule has 0 fully saturated rings. The fourth-order valence-corrected chi connectivity index (χ4v) is 3.03. The summed E-state index contributed by atoms with van der Waals surface area (Å²) >= 11 is 6.02. The number of hydrazone groups is 1. The minimum Gasteiger partial charge on any atom is -0.357 e. The predicted molar refractivity (Wildman–Crippen MR) is 114 cm³/mol. The molecule has 0 aliphatic heterocycles. The molecule has 2 aromatic carbocycles. The zero-order valence-corrected chi connectivity index (χ0v) is 16.2. The summed E-state index contributed by atoms with van der Waals surface area (Å²) in [4.78, 5) is 14.9. The minimum absolute atomic E-state index is 0.309. The molecule has 0 saturated carbocycles. The van der Waals surface area contributed by atoms with Gasteiger partial charge in [0.25, 0.3) is 5.91 Å². The van der Waals surface area contributed by atoms with E-state index in [0.29, 0.717) is 17.3 Å². The normalized spacial score (nSPS) is 11.1. The van der Waals surface area contributed by atoms with Gasteiger partial charge in [-0.2, -0.15) is 10.2 Å². The molecule has 0 atom stereocenters. The lowest BCUT2D eigenvalue weighted by molar-refractivity contribution is 0.0951. The zero-order chi connectivity index (χ0) is 20.1. The quantitative estimate of drug-likeness (QED) is 0.371. The van der Waals surface area contributed by atoms with Gasteiger partial charge in [-0.25, -0.2) is 5.43 Å². The monoisotopic (exact) mass is 403 g/mol. The van der Waals surface area contributed by atoms with Crippen molar-refractivity contribution in [1.82, 2.24) is 20.2 Å². The van der Waals surface area contributed by atoms with Gasteiger partial charge in [0.2, 0.25) is 0 Å². The second-order valence-corrected chi connectivity index (χ2v) is 6.84. The molecule has 0 aliphatic carbocycles. The predicted octanol–water partition coefficient (Wildman–Crippen LogP) is 4.34. The highest BCUT2D eigenvalue weighted by atomic mass is 35.5. The first kappa shape index (κ1) is 18.7. The Morgan fingerprint density at radius 3 is 2.62 bits per heavy atom. The summed E-state index contributed by atoms with van der Waals surface area (Å²) in [7, 11) is 0. The highest BCUT2D eigenvalue weighted by Crippen LogP contribution is 2.23. The van der Waals surface area contributed by atoms with Crippen LogP contribution in [0.2, 0.25) is 5.02 Å². The number of carbonyl (C=O) groups excluding carboxylic acids is 1. The van der Waals surface area contributed by atoms with Crippen LogP contribution >= 0.6 is 11.6 Å². The average Bonchev–Trinajstić information content (AvgIpc) is 3.40. The van der Waals surface area contributed by atoms with Crippen LogP contribution in [0.3, 0.4) is 0 Å². The van der Waals surface area contributed by atoms with Crippen molar-refractivity contribution in [3.8, 4) is 11.3 Å². The lowest BCUT2D eigenvalue weighted by atomic mass is 10.1. The van der Waals surface area contributed by atoms with Crippen molar-refractivity contribution in [1.29, 1.82) is 0 Å². The van der Waals surface area contributed by atoms with Gasteiger partial charge in [0, 0.05) is 28.5 Å². The summed E-state index contributed by atoms with van der Waals surface area (Å²) in [5.41, 5.74) is 6.57. The van der Waals surface area contributed by atoms with Crippen LogP contribution in [0.1, 0.15) is 21.6 Å². The van der Waals surface area contributed by atoms with Gasteiger partial charge in [0.05, 0.1) is 12.8 Å². The molecule has 0 bridgehead atoms. The largest absolute Gasteiger partial charge is 0.357 e. The highest BCUT2D eigenvalue weighted by Gasteiger charge is 2.11. The van der Waals surface area contributed by atoms with E-state index in [9.17, 15) is 4.79 Å². The maximum absolute atomic E-state index is 12.0. The Kier molecular flexibility index (Phi) is 5.54. The topological polar surface area (TPSA) is 75.1 Å². The number of aromatic nitrogens is 3. The maximum atomic E-state index is 12.0. The van der Waals surface area contributed by atoms with Crippen LogP contribution in [0, 0.1) is 0 Å². The van der Waals surface area contributed by atoms with E-state index < -0.39 is 0 Å². The number of nitrogens with one attached hydrogen (secondary N) is 2. The molecule has 4 rings (SSSR count). The van der Waals surface area contributed by atoms with Gasteiger partial charge in [0.1, 0.15) is 11.4 Å². The highest BCUT2D eigenvalue weighted by molar-refractivity contribution is 6.30. The fourth-order valence-electron chi connectivity index (χ4n) is 2.91. The smallest absolute Gasteiger partial charge is 0.287 e. The Bertz CT molecular complexity index is 1120. The van der Waals surface area contributed by atoms with Crippen LogP contribution in [0.15, 0.2) is 84.2 Å².